The van der Waals surface area contributed by atoms with E-state index in [1.807, 2.05) is 4.90 Å². The quantitative estimate of drug-likeness (QED) is 0.681. The van der Waals surface area contributed by atoms with Gasteiger partial charge in [0.15, 0.2) is 0 Å². The van der Waals surface area contributed by atoms with E-state index in [0.29, 0.717) is 19.6 Å². The highest BCUT2D eigenvalue weighted by Gasteiger charge is 2.17. The van der Waals surface area contributed by atoms with Crippen LogP contribution in [-0.2, 0) is 14.3 Å². The molecule has 1 N–H and O–H groups in total. The van der Waals surface area contributed by atoms with Crippen molar-refractivity contribution in [2.75, 3.05) is 46.5 Å². The van der Waals surface area contributed by atoms with E-state index in [-0.39, 0.29) is 11.5 Å². The molecule has 0 radical (unpaired) electrons. The molecular weight excluding hydrogens is 232 g/mol. The molecule has 0 unspecified atom stereocenters. The summed E-state index contributed by atoms with van der Waals surface area (Å²) in [4.78, 5) is 13.7. The summed E-state index contributed by atoms with van der Waals surface area (Å²) in [6.45, 7) is 8.53. The highest BCUT2D eigenvalue weighted by molar-refractivity contribution is 5.76. The van der Waals surface area contributed by atoms with Gasteiger partial charge in [0.2, 0.25) is 5.91 Å². The Morgan fingerprint density at radius 3 is 2.61 bits per heavy atom. The maximum absolute atomic E-state index is 11.8. The Hall–Kier alpha value is -0.650. The van der Waals surface area contributed by atoms with Crippen LogP contribution in [0.4, 0.5) is 0 Å². The number of methoxy groups -OCH3 is 1. The fourth-order valence-corrected chi connectivity index (χ4v) is 1.78. The maximum atomic E-state index is 11.8. The number of carbonyl (C=O) groups is 1. The number of ether oxygens (including phenoxy) is 2. The van der Waals surface area contributed by atoms with Crippen molar-refractivity contribution >= 4 is 5.91 Å². The average molecular weight is 258 g/mol. The predicted octanol–water partition coefficient (Wildman–Crippen LogP) is 0.640. The minimum atomic E-state index is -0.0960. The maximum Gasteiger partial charge on any atom is 0.224 e. The lowest BCUT2D eigenvalue weighted by Crippen LogP contribution is -2.41. The molecule has 1 heterocycles. The van der Waals surface area contributed by atoms with E-state index in [4.69, 9.17) is 9.47 Å². The van der Waals surface area contributed by atoms with Crippen LogP contribution in [0.1, 0.15) is 26.7 Å². The first-order chi connectivity index (χ1) is 8.55. The number of nitrogens with zero attached hydrogens (tertiary/aromatic N) is 1. The second-order valence-electron chi connectivity index (χ2n) is 5.21. The summed E-state index contributed by atoms with van der Waals surface area (Å²) in [5, 5.41) is 3.29. The molecule has 0 aromatic heterocycles. The van der Waals surface area contributed by atoms with Gasteiger partial charge in [-0.2, -0.15) is 0 Å². The summed E-state index contributed by atoms with van der Waals surface area (Å²) in [6.07, 6.45) is 1.50. The third kappa shape index (κ3) is 5.80. The number of hydrogen-bond acceptors (Lipinski definition) is 4. The van der Waals surface area contributed by atoms with Gasteiger partial charge in [0, 0.05) is 33.2 Å². The molecule has 1 saturated heterocycles. The second kappa shape index (κ2) is 7.71. The summed E-state index contributed by atoms with van der Waals surface area (Å²) in [7, 11) is 1.72. The third-order valence-corrected chi connectivity index (χ3v) is 3.34. The zero-order chi connectivity index (χ0) is 13.4. The van der Waals surface area contributed by atoms with Crippen LogP contribution in [-0.4, -0.2) is 62.9 Å². The van der Waals surface area contributed by atoms with Crippen LogP contribution >= 0.6 is 0 Å². The minimum absolute atomic E-state index is 0.0960. The van der Waals surface area contributed by atoms with Gasteiger partial charge in [-0.25, -0.2) is 0 Å². The van der Waals surface area contributed by atoms with Crippen molar-refractivity contribution in [1.82, 2.24) is 10.2 Å². The molecule has 0 atom stereocenters. The Morgan fingerprint density at radius 2 is 2.00 bits per heavy atom. The summed E-state index contributed by atoms with van der Waals surface area (Å²) >= 11 is 0. The molecular formula is C13H26N2O3. The van der Waals surface area contributed by atoms with Gasteiger partial charge in [-0.1, -0.05) is 0 Å². The number of rotatable bonds is 7. The molecule has 18 heavy (non-hydrogen) atoms. The Balaban J connectivity index is 2.05. The first-order valence-electron chi connectivity index (χ1n) is 6.66. The Kier molecular flexibility index (Phi) is 6.60. The van der Waals surface area contributed by atoms with E-state index < -0.39 is 0 Å². The summed E-state index contributed by atoms with van der Waals surface area (Å²) in [5.41, 5.74) is -0.0960. The molecule has 0 saturated carbocycles. The molecule has 0 aromatic rings. The van der Waals surface area contributed by atoms with Crippen molar-refractivity contribution in [3.63, 3.8) is 0 Å². The molecule has 5 nitrogen and oxygen atoms in total. The van der Waals surface area contributed by atoms with Crippen LogP contribution in [0.5, 0.6) is 0 Å². The van der Waals surface area contributed by atoms with E-state index in [2.05, 4.69) is 19.2 Å². The minimum Gasteiger partial charge on any atom is -0.379 e. The first kappa shape index (κ1) is 15.4. The predicted molar refractivity (Wildman–Crippen MR) is 70.6 cm³/mol. The Labute approximate surface area is 110 Å². The van der Waals surface area contributed by atoms with Gasteiger partial charge < -0.3 is 19.7 Å². The van der Waals surface area contributed by atoms with E-state index in [9.17, 15) is 4.79 Å². The number of morpholine rings is 1. The normalized spacial score (nSPS) is 16.9. The summed E-state index contributed by atoms with van der Waals surface area (Å²) in [5.74, 6) is 0.219. The first-order valence-corrected chi connectivity index (χ1v) is 6.66. The van der Waals surface area contributed by atoms with Gasteiger partial charge in [0.1, 0.15) is 0 Å². The molecule has 1 aliphatic heterocycles. The van der Waals surface area contributed by atoms with Gasteiger partial charge in [-0.3, -0.25) is 4.79 Å². The largest absolute Gasteiger partial charge is 0.379 e. The second-order valence-corrected chi connectivity index (χ2v) is 5.21. The van der Waals surface area contributed by atoms with E-state index >= 15 is 0 Å². The fourth-order valence-electron chi connectivity index (χ4n) is 1.78. The van der Waals surface area contributed by atoms with Gasteiger partial charge in [-0.15, -0.1) is 0 Å². The van der Waals surface area contributed by atoms with Crippen LogP contribution in [0, 0.1) is 0 Å². The Bertz CT molecular complexity index is 251. The van der Waals surface area contributed by atoms with Gasteiger partial charge in [0.25, 0.3) is 0 Å². The van der Waals surface area contributed by atoms with Crippen LogP contribution in [0.3, 0.4) is 0 Å². The SMILES string of the molecule is COC(C)(C)CCNCCC(=O)N1CCOCC1. The summed E-state index contributed by atoms with van der Waals surface area (Å²) < 4.78 is 10.6. The highest BCUT2D eigenvalue weighted by Crippen LogP contribution is 2.11. The third-order valence-electron chi connectivity index (χ3n) is 3.34. The molecule has 1 amide bonds. The Morgan fingerprint density at radius 1 is 1.33 bits per heavy atom. The van der Waals surface area contributed by atoms with E-state index in [1.165, 1.54) is 0 Å². The fraction of sp³-hybridized carbons (Fsp3) is 0.923. The van der Waals surface area contributed by atoms with Crippen molar-refractivity contribution in [2.24, 2.45) is 0 Å². The molecule has 5 heteroatoms. The number of hydrogen-bond donors (Lipinski definition) is 1. The highest BCUT2D eigenvalue weighted by atomic mass is 16.5. The zero-order valence-corrected chi connectivity index (χ0v) is 11.8. The zero-order valence-electron chi connectivity index (χ0n) is 11.8. The molecule has 0 bridgehead atoms. The number of nitrogens with one attached hydrogen (secondary N) is 1. The lowest BCUT2D eigenvalue weighted by molar-refractivity contribution is -0.135. The summed E-state index contributed by atoms with van der Waals surface area (Å²) in [6, 6.07) is 0. The smallest absolute Gasteiger partial charge is 0.224 e. The van der Waals surface area contributed by atoms with Crippen molar-refractivity contribution in [3.8, 4) is 0 Å². The monoisotopic (exact) mass is 258 g/mol. The lowest BCUT2D eigenvalue weighted by atomic mass is 10.1. The van der Waals surface area contributed by atoms with E-state index in [1.54, 1.807) is 7.11 Å². The molecule has 0 spiro atoms. The van der Waals surface area contributed by atoms with Crippen molar-refractivity contribution in [3.05, 3.63) is 0 Å². The topological polar surface area (TPSA) is 50.8 Å². The lowest BCUT2D eigenvalue weighted by Gasteiger charge is -2.27. The van der Waals surface area contributed by atoms with Crippen molar-refractivity contribution in [2.45, 2.75) is 32.3 Å². The molecule has 0 aromatic carbocycles. The number of carbonyl (C=O) groups excluding carboxylic acids is 1. The van der Waals surface area contributed by atoms with E-state index in [0.717, 1.165) is 32.6 Å². The molecule has 1 fully saturated rings. The molecule has 0 aliphatic carbocycles. The van der Waals surface area contributed by atoms with Crippen LogP contribution in [0.2, 0.25) is 0 Å². The average Bonchev–Trinajstić information content (AvgIpc) is 2.39. The van der Waals surface area contributed by atoms with Crippen molar-refractivity contribution < 1.29 is 14.3 Å². The molecule has 1 rings (SSSR count). The van der Waals surface area contributed by atoms with Crippen LogP contribution in [0.15, 0.2) is 0 Å². The molecule has 106 valence electrons. The number of amides is 1. The van der Waals surface area contributed by atoms with Crippen LogP contribution < -0.4 is 5.32 Å². The van der Waals surface area contributed by atoms with Crippen LogP contribution in [0.25, 0.3) is 0 Å². The standard InChI is InChI=1S/C13H26N2O3/c1-13(2,17-3)5-7-14-6-4-12(16)15-8-10-18-11-9-15/h14H,4-11H2,1-3H3. The van der Waals surface area contributed by atoms with Crippen molar-refractivity contribution in [1.29, 1.82) is 0 Å². The van der Waals surface area contributed by atoms with Gasteiger partial charge in [-0.05, 0) is 26.8 Å². The molecule has 1 aliphatic rings. The van der Waals surface area contributed by atoms with Gasteiger partial charge in [0.05, 0.1) is 18.8 Å². The van der Waals surface area contributed by atoms with Gasteiger partial charge >= 0.3 is 0 Å².